The number of anilines is 1. The summed E-state index contributed by atoms with van der Waals surface area (Å²) in [5.74, 6) is -1.89. The lowest BCUT2D eigenvalue weighted by atomic mass is 9.96. The van der Waals surface area contributed by atoms with Crippen molar-refractivity contribution in [3.8, 4) is 0 Å². The zero-order valence-corrected chi connectivity index (χ0v) is 15.3. The summed E-state index contributed by atoms with van der Waals surface area (Å²) in [5, 5.41) is 0. The standard InChI is InChI=1S/C18H20N2O7/c1-4-26-13(21)10-19-12-9-7-6-8-11(12)18(16(19)23)14(15(22)25-3)20(18)17(24)27-5-2/h6-9,14H,4-5,10H2,1-3H3. The number of esters is 2. The fraction of sp³-hybridized carbons (Fsp3) is 0.444. The smallest absolute Gasteiger partial charge is 0.411 e. The quantitative estimate of drug-likeness (QED) is 0.426. The number of para-hydroxylation sites is 1. The number of fused-ring (bicyclic) bond motifs is 2. The molecule has 1 fully saturated rings. The lowest BCUT2D eigenvalue weighted by Gasteiger charge is -2.16. The maximum absolute atomic E-state index is 13.3. The second-order valence-corrected chi connectivity index (χ2v) is 5.97. The van der Waals surface area contributed by atoms with Gasteiger partial charge in [-0.15, -0.1) is 0 Å². The molecule has 1 spiro atoms. The van der Waals surface area contributed by atoms with Crippen LogP contribution in [0.2, 0.25) is 0 Å². The van der Waals surface area contributed by atoms with Crippen LogP contribution in [0, 0.1) is 0 Å². The van der Waals surface area contributed by atoms with Crippen LogP contribution in [0.4, 0.5) is 10.5 Å². The molecule has 2 atom stereocenters. The van der Waals surface area contributed by atoms with E-state index < -0.39 is 35.5 Å². The lowest BCUT2D eigenvalue weighted by Crippen LogP contribution is -2.40. The summed E-state index contributed by atoms with van der Waals surface area (Å²) < 4.78 is 14.7. The lowest BCUT2D eigenvalue weighted by molar-refractivity contribution is -0.142. The molecule has 2 aliphatic heterocycles. The third-order valence-corrected chi connectivity index (χ3v) is 4.62. The Hall–Kier alpha value is -3.10. The summed E-state index contributed by atoms with van der Waals surface area (Å²) in [5.41, 5.74) is -0.679. The van der Waals surface area contributed by atoms with E-state index >= 15 is 0 Å². The molecular weight excluding hydrogens is 356 g/mol. The Morgan fingerprint density at radius 2 is 1.78 bits per heavy atom. The SMILES string of the molecule is CCOC(=O)CN1C(=O)C2(c3ccccc31)C(C(=O)OC)N2C(=O)OCC. The second kappa shape index (κ2) is 6.90. The summed E-state index contributed by atoms with van der Waals surface area (Å²) in [6.45, 7) is 3.22. The molecule has 1 aromatic rings. The maximum atomic E-state index is 13.3. The van der Waals surface area contributed by atoms with Crippen molar-refractivity contribution in [1.82, 2.24) is 4.90 Å². The van der Waals surface area contributed by atoms with Gasteiger partial charge in [-0.3, -0.25) is 19.4 Å². The van der Waals surface area contributed by atoms with E-state index in [9.17, 15) is 19.2 Å². The minimum atomic E-state index is -1.57. The van der Waals surface area contributed by atoms with Crippen molar-refractivity contribution < 1.29 is 33.4 Å². The number of rotatable bonds is 5. The van der Waals surface area contributed by atoms with Crippen LogP contribution >= 0.6 is 0 Å². The van der Waals surface area contributed by atoms with Gasteiger partial charge in [-0.25, -0.2) is 9.59 Å². The minimum Gasteiger partial charge on any atom is -0.467 e. The third kappa shape index (κ3) is 2.61. The van der Waals surface area contributed by atoms with Gasteiger partial charge in [0.05, 0.1) is 26.0 Å². The van der Waals surface area contributed by atoms with Crippen molar-refractivity contribution in [3.05, 3.63) is 29.8 Å². The van der Waals surface area contributed by atoms with E-state index in [4.69, 9.17) is 14.2 Å². The minimum absolute atomic E-state index is 0.0850. The molecule has 2 heterocycles. The van der Waals surface area contributed by atoms with Gasteiger partial charge in [0.15, 0.2) is 11.6 Å². The van der Waals surface area contributed by atoms with Crippen LogP contribution < -0.4 is 4.90 Å². The first kappa shape index (κ1) is 18.7. The number of carbonyl (C=O) groups excluding carboxylic acids is 4. The van der Waals surface area contributed by atoms with Crippen LogP contribution in [0.5, 0.6) is 0 Å². The molecular formula is C18H20N2O7. The van der Waals surface area contributed by atoms with Crippen molar-refractivity contribution in [3.63, 3.8) is 0 Å². The van der Waals surface area contributed by atoms with Crippen molar-refractivity contribution >= 4 is 29.6 Å². The Balaban J connectivity index is 2.06. The summed E-state index contributed by atoms with van der Waals surface area (Å²) in [6.07, 6.45) is -0.797. The first-order valence-electron chi connectivity index (χ1n) is 8.56. The molecule has 0 saturated carbocycles. The average molecular weight is 376 g/mol. The van der Waals surface area contributed by atoms with E-state index in [2.05, 4.69) is 0 Å². The highest BCUT2D eigenvalue weighted by atomic mass is 16.6. The number of hydrogen-bond donors (Lipinski definition) is 0. The van der Waals surface area contributed by atoms with E-state index in [0.29, 0.717) is 11.3 Å². The highest BCUT2D eigenvalue weighted by molar-refractivity contribution is 6.18. The molecule has 9 nitrogen and oxygen atoms in total. The largest absolute Gasteiger partial charge is 0.467 e. The van der Waals surface area contributed by atoms with E-state index in [0.717, 1.165) is 4.90 Å². The van der Waals surface area contributed by atoms with Crippen LogP contribution in [-0.4, -0.2) is 61.7 Å². The van der Waals surface area contributed by atoms with Gasteiger partial charge in [-0.1, -0.05) is 18.2 Å². The predicted octanol–water partition coefficient (Wildman–Crippen LogP) is 0.805. The summed E-state index contributed by atoms with van der Waals surface area (Å²) in [4.78, 5) is 52.3. The van der Waals surface area contributed by atoms with Gasteiger partial charge in [0, 0.05) is 5.56 Å². The molecule has 1 saturated heterocycles. The van der Waals surface area contributed by atoms with Gasteiger partial charge in [0.25, 0.3) is 5.91 Å². The van der Waals surface area contributed by atoms with Crippen LogP contribution in [0.15, 0.2) is 24.3 Å². The Labute approximate surface area is 155 Å². The van der Waals surface area contributed by atoms with Gasteiger partial charge >= 0.3 is 18.0 Å². The highest BCUT2D eigenvalue weighted by Gasteiger charge is 2.79. The van der Waals surface area contributed by atoms with Gasteiger partial charge in [0.1, 0.15) is 6.54 Å². The number of benzene rings is 1. The summed E-state index contributed by atoms with van der Waals surface area (Å²) in [7, 11) is 1.18. The second-order valence-electron chi connectivity index (χ2n) is 5.97. The summed E-state index contributed by atoms with van der Waals surface area (Å²) in [6, 6.07) is 5.54. The highest BCUT2D eigenvalue weighted by Crippen LogP contribution is 2.58. The van der Waals surface area contributed by atoms with Crippen molar-refractivity contribution in [2.45, 2.75) is 25.4 Å². The molecule has 0 N–H and O–H groups in total. The number of ether oxygens (including phenoxy) is 3. The molecule has 0 aromatic heterocycles. The van der Waals surface area contributed by atoms with Crippen LogP contribution in [0.25, 0.3) is 0 Å². The zero-order chi connectivity index (χ0) is 19.8. The van der Waals surface area contributed by atoms with Crippen LogP contribution in [-0.2, 0) is 34.1 Å². The normalized spacial score (nSPS) is 22.5. The van der Waals surface area contributed by atoms with Gasteiger partial charge in [-0.05, 0) is 19.9 Å². The molecule has 0 radical (unpaired) electrons. The molecule has 2 unspecified atom stereocenters. The number of methoxy groups -OCH3 is 1. The molecule has 27 heavy (non-hydrogen) atoms. The average Bonchev–Trinajstić information content (AvgIpc) is 3.30. The number of nitrogens with zero attached hydrogens (tertiary/aromatic N) is 2. The van der Waals surface area contributed by atoms with Crippen molar-refractivity contribution in [2.24, 2.45) is 0 Å². The first-order chi connectivity index (χ1) is 12.9. The van der Waals surface area contributed by atoms with E-state index in [1.165, 1.54) is 12.0 Å². The van der Waals surface area contributed by atoms with E-state index in [-0.39, 0.29) is 19.8 Å². The van der Waals surface area contributed by atoms with Crippen LogP contribution in [0.1, 0.15) is 19.4 Å². The fourth-order valence-electron chi connectivity index (χ4n) is 3.57. The van der Waals surface area contributed by atoms with Crippen molar-refractivity contribution in [1.29, 1.82) is 0 Å². The summed E-state index contributed by atoms with van der Waals surface area (Å²) >= 11 is 0. The number of hydrogen-bond acceptors (Lipinski definition) is 7. The molecule has 144 valence electrons. The molecule has 0 aliphatic carbocycles. The van der Waals surface area contributed by atoms with E-state index in [1.54, 1.807) is 38.1 Å². The predicted molar refractivity (Wildman–Crippen MR) is 91.8 cm³/mol. The first-order valence-corrected chi connectivity index (χ1v) is 8.56. The Bertz CT molecular complexity index is 809. The fourth-order valence-corrected chi connectivity index (χ4v) is 3.57. The molecule has 9 heteroatoms. The van der Waals surface area contributed by atoms with Gasteiger partial charge in [-0.2, -0.15) is 0 Å². The molecule has 1 aromatic carbocycles. The Kier molecular flexibility index (Phi) is 4.77. The topological polar surface area (TPSA) is 102 Å². The third-order valence-electron chi connectivity index (χ3n) is 4.62. The van der Waals surface area contributed by atoms with Gasteiger partial charge in [0.2, 0.25) is 0 Å². The van der Waals surface area contributed by atoms with Gasteiger partial charge < -0.3 is 14.2 Å². The van der Waals surface area contributed by atoms with E-state index in [1.807, 2.05) is 0 Å². The molecule has 3 rings (SSSR count). The Morgan fingerprint density at radius 1 is 1.11 bits per heavy atom. The molecule has 2 amide bonds. The monoisotopic (exact) mass is 376 g/mol. The number of amides is 2. The van der Waals surface area contributed by atoms with Crippen molar-refractivity contribution in [2.75, 3.05) is 31.8 Å². The maximum Gasteiger partial charge on any atom is 0.411 e. The zero-order valence-electron chi connectivity index (χ0n) is 15.3. The molecule has 2 aliphatic rings. The number of carbonyl (C=O) groups is 4. The molecule has 0 bridgehead atoms. The van der Waals surface area contributed by atoms with Crippen LogP contribution in [0.3, 0.4) is 0 Å². The Morgan fingerprint density at radius 3 is 2.41 bits per heavy atom.